The lowest BCUT2D eigenvalue weighted by molar-refractivity contribution is -0.495. The molecule has 1 aromatic carbocycles. The van der Waals surface area contributed by atoms with Crippen molar-refractivity contribution in [3.05, 3.63) is 35.9 Å². The first-order valence-corrected chi connectivity index (χ1v) is 8.94. The monoisotopic (exact) mass is 387 g/mol. The zero-order valence-electron chi connectivity index (χ0n) is 15.9. The lowest BCUT2D eigenvalue weighted by atomic mass is 9.76. The molecule has 0 saturated heterocycles. The first-order chi connectivity index (χ1) is 10.8. The molecule has 0 spiro atoms. The van der Waals surface area contributed by atoms with Gasteiger partial charge in [0.05, 0.1) is 0 Å². The van der Waals surface area contributed by atoms with Crippen molar-refractivity contribution < 1.29 is 32.8 Å². The number of hydrogen-bond donors (Lipinski definition) is 2. The molecule has 0 unspecified atom stereocenters. The van der Waals surface area contributed by atoms with Crippen LogP contribution < -0.4 is 18.1 Å². The largest absolute Gasteiger partial charge is 1.00 e. The lowest BCUT2D eigenvalue weighted by Gasteiger charge is -2.41. The summed E-state index contributed by atoms with van der Waals surface area (Å²) in [7, 11) is 0. The van der Waals surface area contributed by atoms with Gasteiger partial charge in [-0.15, -0.1) is 0 Å². The zero-order chi connectivity index (χ0) is 18.8. The van der Waals surface area contributed by atoms with Crippen LogP contribution in [-0.2, 0) is 15.1 Å². The Morgan fingerprint density at radius 3 is 2.04 bits per heavy atom. The van der Waals surface area contributed by atoms with Crippen molar-refractivity contribution in [1.82, 2.24) is 0 Å². The van der Waals surface area contributed by atoms with Crippen molar-refractivity contribution in [2.75, 3.05) is 0 Å². The molecule has 0 fully saturated rings. The summed E-state index contributed by atoms with van der Waals surface area (Å²) in [5, 5.41) is 10.3. The van der Waals surface area contributed by atoms with Gasteiger partial charge in [-0.25, -0.2) is 0 Å². The normalized spacial score (nSPS) is 15.7. The Labute approximate surface area is 161 Å². The number of carbonyl (C=O) groups is 2. The fraction of sp³-hybridized carbons (Fsp3) is 0.579. The molecule has 2 atom stereocenters. The SMILES string of the molecule is CC(=O)CC(C)(C)C(C)(C)SC(=O)[C@H](O)[C@@](C)([NH3+])c1ccccc1.[Cl-]. The Kier molecular flexibility index (Phi) is 8.37. The van der Waals surface area contributed by atoms with Gasteiger partial charge >= 0.3 is 0 Å². The highest BCUT2D eigenvalue weighted by molar-refractivity contribution is 8.14. The summed E-state index contributed by atoms with van der Waals surface area (Å²) < 4.78 is -0.497. The van der Waals surface area contributed by atoms with E-state index in [0.717, 1.165) is 17.3 Å². The number of aliphatic hydroxyl groups excluding tert-OH is 1. The van der Waals surface area contributed by atoms with Gasteiger partial charge in [-0.1, -0.05) is 55.9 Å². The predicted molar refractivity (Wildman–Crippen MR) is 98.4 cm³/mol. The summed E-state index contributed by atoms with van der Waals surface area (Å²) in [6, 6.07) is 9.33. The van der Waals surface area contributed by atoms with Crippen LogP contribution in [0.5, 0.6) is 0 Å². The summed E-state index contributed by atoms with van der Waals surface area (Å²) in [6.45, 7) is 11.1. The van der Waals surface area contributed by atoms with E-state index in [1.54, 1.807) is 13.8 Å². The van der Waals surface area contributed by atoms with E-state index in [0.29, 0.717) is 6.42 Å². The van der Waals surface area contributed by atoms with Crippen molar-refractivity contribution in [3.63, 3.8) is 0 Å². The van der Waals surface area contributed by atoms with Crippen LogP contribution in [0, 0.1) is 5.41 Å². The summed E-state index contributed by atoms with van der Waals surface area (Å²) >= 11 is 1.10. The number of ketones is 1. The summed E-state index contributed by atoms with van der Waals surface area (Å²) in [6.07, 6.45) is -0.839. The van der Waals surface area contributed by atoms with E-state index in [-0.39, 0.29) is 28.7 Å². The molecule has 0 aromatic heterocycles. The highest BCUT2D eigenvalue weighted by Gasteiger charge is 2.45. The molecule has 4 N–H and O–H groups in total. The van der Waals surface area contributed by atoms with Gasteiger partial charge in [0, 0.05) is 16.7 Å². The molecule has 0 radical (unpaired) electrons. The standard InChI is InChI=1S/C19H29NO3S.ClH/c1-13(21)12-17(2,3)18(4,5)24-16(23)15(22)19(6,20)14-10-8-7-9-11-14;/h7-11,15,22H,12,20H2,1-6H3;1H/t15-,19-;/m0./s1. The molecule has 0 bridgehead atoms. The van der Waals surface area contributed by atoms with E-state index >= 15 is 0 Å². The summed E-state index contributed by atoms with van der Waals surface area (Å²) in [5.74, 6) is 0.0907. The molecule has 0 amide bonds. The Bertz CT molecular complexity index is 600. The lowest BCUT2D eigenvalue weighted by Crippen LogP contribution is -3.00. The van der Waals surface area contributed by atoms with Crippen LogP contribution in [0.1, 0.15) is 53.5 Å². The van der Waals surface area contributed by atoms with Gasteiger partial charge in [0.15, 0.2) is 11.6 Å². The van der Waals surface area contributed by atoms with Gasteiger partial charge in [0.1, 0.15) is 5.78 Å². The Morgan fingerprint density at radius 2 is 1.60 bits per heavy atom. The summed E-state index contributed by atoms with van der Waals surface area (Å²) in [5.41, 5.74) is 3.58. The highest BCUT2D eigenvalue weighted by Crippen LogP contribution is 2.45. The molecule has 4 nitrogen and oxygen atoms in total. The molecular weight excluding hydrogens is 358 g/mol. The number of thioether (sulfide) groups is 1. The van der Waals surface area contributed by atoms with Gasteiger partial charge in [-0.2, -0.15) is 0 Å². The minimum Gasteiger partial charge on any atom is -1.00 e. The second-order valence-corrected chi connectivity index (χ2v) is 9.51. The third-order valence-corrected chi connectivity index (χ3v) is 6.42. The van der Waals surface area contributed by atoms with Gasteiger partial charge in [-0.3, -0.25) is 4.79 Å². The van der Waals surface area contributed by atoms with E-state index in [1.165, 1.54) is 0 Å². The minimum atomic E-state index is -1.22. The quantitative estimate of drug-likeness (QED) is 0.664. The predicted octanol–water partition coefficient (Wildman–Crippen LogP) is -0.448. The van der Waals surface area contributed by atoms with Crippen LogP contribution >= 0.6 is 11.8 Å². The van der Waals surface area contributed by atoms with Crippen molar-refractivity contribution in [1.29, 1.82) is 0 Å². The maximum atomic E-state index is 12.7. The van der Waals surface area contributed by atoms with Crippen LogP contribution in [0.3, 0.4) is 0 Å². The number of benzene rings is 1. The van der Waals surface area contributed by atoms with Crippen LogP contribution in [0.4, 0.5) is 0 Å². The topological polar surface area (TPSA) is 82.0 Å². The molecule has 0 saturated carbocycles. The average molecular weight is 388 g/mol. The second-order valence-electron chi connectivity index (χ2n) is 7.88. The number of Topliss-reactive ketones (excluding diaryl/α,β-unsaturated/α-hetero) is 1. The molecule has 142 valence electrons. The van der Waals surface area contributed by atoms with E-state index in [1.807, 2.05) is 58.0 Å². The number of carbonyl (C=O) groups excluding carboxylic acids is 2. The molecule has 0 heterocycles. The molecule has 6 heteroatoms. The first kappa shape index (κ1) is 24.1. The van der Waals surface area contributed by atoms with Crippen molar-refractivity contribution in [2.24, 2.45) is 5.41 Å². The van der Waals surface area contributed by atoms with Crippen molar-refractivity contribution >= 4 is 22.7 Å². The molecule has 1 rings (SSSR count). The van der Waals surface area contributed by atoms with Crippen LogP contribution in [-0.4, -0.2) is 26.9 Å². The van der Waals surface area contributed by atoms with Crippen LogP contribution in [0.2, 0.25) is 0 Å². The Balaban J connectivity index is 0.00000576. The van der Waals surface area contributed by atoms with E-state index < -0.39 is 16.4 Å². The van der Waals surface area contributed by atoms with Gasteiger partial charge in [0.25, 0.3) is 0 Å². The third kappa shape index (κ3) is 5.81. The Morgan fingerprint density at radius 1 is 1.12 bits per heavy atom. The number of rotatable bonds is 7. The Hall–Kier alpha value is -0.880. The maximum Gasteiger partial charge on any atom is 0.224 e. The molecule has 25 heavy (non-hydrogen) atoms. The number of hydrogen-bond acceptors (Lipinski definition) is 4. The molecule has 0 aliphatic carbocycles. The van der Waals surface area contributed by atoms with Crippen LogP contribution in [0.25, 0.3) is 0 Å². The molecule has 0 aliphatic heterocycles. The number of halogens is 1. The van der Waals surface area contributed by atoms with Gasteiger partial charge < -0.3 is 28.0 Å². The van der Waals surface area contributed by atoms with Gasteiger partial charge in [-0.05, 0) is 33.1 Å². The number of quaternary nitrogens is 1. The molecule has 0 aliphatic rings. The van der Waals surface area contributed by atoms with E-state index in [9.17, 15) is 14.7 Å². The van der Waals surface area contributed by atoms with Gasteiger partial charge in [0.2, 0.25) is 5.12 Å². The first-order valence-electron chi connectivity index (χ1n) is 8.12. The smallest absolute Gasteiger partial charge is 0.224 e. The minimum absolute atomic E-state index is 0. The van der Waals surface area contributed by atoms with Crippen molar-refractivity contribution in [2.45, 2.75) is 64.4 Å². The molecular formula is C19H30ClNO3S. The average Bonchev–Trinajstić information content (AvgIpc) is 2.45. The van der Waals surface area contributed by atoms with E-state index in [4.69, 9.17) is 0 Å². The van der Waals surface area contributed by atoms with E-state index in [2.05, 4.69) is 5.73 Å². The maximum absolute atomic E-state index is 12.7. The van der Waals surface area contributed by atoms with Crippen LogP contribution in [0.15, 0.2) is 30.3 Å². The third-order valence-electron chi connectivity index (χ3n) is 4.94. The zero-order valence-corrected chi connectivity index (χ0v) is 17.5. The molecule has 1 aromatic rings. The summed E-state index contributed by atoms with van der Waals surface area (Å²) in [4.78, 5) is 24.2. The fourth-order valence-electron chi connectivity index (χ4n) is 2.52. The van der Waals surface area contributed by atoms with Crippen molar-refractivity contribution in [3.8, 4) is 0 Å². The highest BCUT2D eigenvalue weighted by atomic mass is 35.5. The number of aliphatic hydroxyl groups is 1. The second kappa shape index (κ2) is 8.67. The fourth-order valence-corrected chi connectivity index (χ4v) is 3.74.